The molecule has 15 heavy (non-hydrogen) atoms. The molecule has 80 valence electrons. The number of amides is 1. The summed E-state index contributed by atoms with van der Waals surface area (Å²) in [6, 6.07) is 2.96. The highest BCUT2D eigenvalue weighted by molar-refractivity contribution is 6.43. The number of ether oxygens (including phenoxy) is 1. The third-order valence-electron chi connectivity index (χ3n) is 1.95. The molecule has 1 rings (SSSR count). The Morgan fingerprint density at radius 1 is 1.40 bits per heavy atom. The van der Waals surface area contributed by atoms with Crippen molar-refractivity contribution in [1.29, 1.82) is 0 Å². The highest BCUT2D eigenvalue weighted by Gasteiger charge is 2.18. The van der Waals surface area contributed by atoms with Gasteiger partial charge in [-0.1, -0.05) is 11.6 Å². The summed E-state index contributed by atoms with van der Waals surface area (Å²) in [6.07, 6.45) is 0. The summed E-state index contributed by atoms with van der Waals surface area (Å²) < 4.78 is 4.97. The lowest BCUT2D eigenvalue weighted by Gasteiger charge is -2.08. The van der Waals surface area contributed by atoms with E-state index in [1.54, 1.807) is 13.0 Å². The zero-order chi connectivity index (χ0) is 11.6. The zero-order valence-electron chi connectivity index (χ0n) is 8.33. The van der Waals surface area contributed by atoms with Gasteiger partial charge in [-0.25, -0.2) is 0 Å². The van der Waals surface area contributed by atoms with E-state index in [0.717, 1.165) is 5.56 Å². The van der Waals surface area contributed by atoms with Crippen molar-refractivity contribution in [3.05, 3.63) is 28.3 Å². The number of ketones is 1. The minimum Gasteiger partial charge on any atom is -0.496 e. The van der Waals surface area contributed by atoms with Crippen LogP contribution in [0.25, 0.3) is 0 Å². The number of primary amides is 1. The number of carbonyl (C=O) groups excluding carboxylic acids is 2. The largest absolute Gasteiger partial charge is 0.496 e. The van der Waals surface area contributed by atoms with Crippen LogP contribution in [-0.2, 0) is 4.79 Å². The van der Waals surface area contributed by atoms with Gasteiger partial charge in [0.05, 0.1) is 12.7 Å². The molecule has 0 aliphatic rings. The van der Waals surface area contributed by atoms with E-state index >= 15 is 0 Å². The van der Waals surface area contributed by atoms with Crippen LogP contribution < -0.4 is 10.5 Å². The number of Topliss-reactive ketones (excluding diaryl/α,β-unsaturated/α-hetero) is 1. The molecule has 0 atom stereocenters. The molecule has 1 amide bonds. The average Bonchev–Trinajstić information content (AvgIpc) is 2.20. The first kappa shape index (κ1) is 11.5. The molecule has 0 aromatic heterocycles. The van der Waals surface area contributed by atoms with Crippen LogP contribution in [-0.4, -0.2) is 18.8 Å². The Bertz CT molecular complexity index is 429. The second kappa shape index (κ2) is 4.31. The molecule has 1 aromatic rings. The van der Waals surface area contributed by atoms with Crippen molar-refractivity contribution in [3.63, 3.8) is 0 Å². The van der Waals surface area contributed by atoms with Crippen molar-refractivity contribution in [2.75, 3.05) is 7.11 Å². The number of aryl methyl sites for hydroxylation is 1. The molecule has 0 saturated carbocycles. The molecular weight excluding hydrogens is 218 g/mol. The SMILES string of the molecule is COc1cc(C)c(Cl)cc1C(=O)C(N)=O. The fraction of sp³-hybridized carbons (Fsp3) is 0.200. The summed E-state index contributed by atoms with van der Waals surface area (Å²) in [5.41, 5.74) is 5.74. The van der Waals surface area contributed by atoms with E-state index in [2.05, 4.69) is 0 Å². The Hall–Kier alpha value is -1.55. The maximum absolute atomic E-state index is 11.4. The predicted molar refractivity (Wildman–Crippen MR) is 56.3 cm³/mol. The molecule has 5 heteroatoms. The van der Waals surface area contributed by atoms with Crippen molar-refractivity contribution in [2.24, 2.45) is 5.73 Å². The molecule has 0 bridgehead atoms. The van der Waals surface area contributed by atoms with Gasteiger partial charge in [0.1, 0.15) is 5.75 Å². The number of rotatable bonds is 3. The highest BCUT2D eigenvalue weighted by atomic mass is 35.5. The lowest BCUT2D eigenvalue weighted by molar-refractivity contribution is -0.114. The third kappa shape index (κ3) is 2.27. The number of hydrogen-bond donors (Lipinski definition) is 1. The van der Waals surface area contributed by atoms with Crippen LogP contribution in [0.4, 0.5) is 0 Å². The zero-order valence-corrected chi connectivity index (χ0v) is 9.09. The molecule has 0 aliphatic heterocycles. The van der Waals surface area contributed by atoms with Gasteiger partial charge >= 0.3 is 0 Å². The lowest BCUT2D eigenvalue weighted by Crippen LogP contribution is -2.23. The van der Waals surface area contributed by atoms with Gasteiger partial charge in [0.25, 0.3) is 11.7 Å². The smallest absolute Gasteiger partial charge is 0.289 e. The quantitative estimate of drug-likeness (QED) is 0.626. The van der Waals surface area contributed by atoms with Crippen LogP contribution in [0.2, 0.25) is 5.02 Å². The van der Waals surface area contributed by atoms with Crippen molar-refractivity contribution in [1.82, 2.24) is 0 Å². The van der Waals surface area contributed by atoms with Crippen molar-refractivity contribution in [3.8, 4) is 5.75 Å². The Kier molecular flexibility index (Phi) is 3.31. The first-order valence-corrected chi connectivity index (χ1v) is 4.53. The standard InChI is InChI=1S/C10H10ClNO3/c1-5-3-8(15-2)6(4-7(5)11)9(13)10(12)14/h3-4H,1-2H3,(H2,12,14). The number of halogens is 1. The summed E-state index contributed by atoms with van der Waals surface area (Å²) in [7, 11) is 1.40. The fourth-order valence-corrected chi connectivity index (χ4v) is 1.30. The first-order chi connectivity index (χ1) is 6.97. The summed E-state index contributed by atoms with van der Waals surface area (Å²) in [6.45, 7) is 1.77. The third-order valence-corrected chi connectivity index (χ3v) is 2.36. The Morgan fingerprint density at radius 2 is 2.00 bits per heavy atom. The Morgan fingerprint density at radius 3 is 2.47 bits per heavy atom. The number of benzene rings is 1. The Labute approximate surface area is 92.0 Å². The van der Waals surface area contributed by atoms with E-state index < -0.39 is 11.7 Å². The highest BCUT2D eigenvalue weighted by Crippen LogP contribution is 2.26. The van der Waals surface area contributed by atoms with Gasteiger partial charge in [-0.3, -0.25) is 9.59 Å². The molecule has 0 unspecified atom stereocenters. The summed E-state index contributed by atoms with van der Waals surface area (Å²) in [4.78, 5) is 22.1. The van der Waals surface area contributed by atoms with Crippen LogP contribution in [0, 0.1) is 6.92 Å². The Balaban J connectivity index is 3.34. The minimum atomic E-state index is -1.03. The number of carbonyl (C=O) groups is 2. The van der Waals surface area contributed by atoms with Gasteiger partial charge in [0.2, 0.25) is 0 Å². The van der Waals surface area contributed by atoms with E-state index in [1.165, 1.54) is 13.2 Å². The van der Waals surface area contributed by atoms with Crippen LogP contribution in [0.5, 0.6) is 5.75 Å². The maximum atomic E-state index is 11.4. The van der Waals surface area contributed by atoms with Crippen LogP contribution in [0.1, 0.15) is 15.9 Å². The summed E-state index contributed by atoms with van der Waals surface area (Å²) >= 11 is 5.83. The van der Waals surface area contributed by atoms with E-state index in [1.807, 2.05) is 0 Å². The van der Waals surface area contributed by atoms with E-state index in [0.29, 0.717) is 10.8 Å². The molecule has 0 spiro atoms. The molecule has 4 nitrogen and oxygen atoms in total. The van der Waals surface area contributed by atoms with Gasteiger partial charge in [-0.05, 0) is 24.6 Å². The van der Waals surface area contributed by atoms with Crippen molar-refractivity contribution < 1.29 is 14.3 Å². The second-order valence-corrected chi connectivity index (χ2v) is 3.40. The number of methoxy groups -OCH3 is 1. The topological polar surface area (TPSA) is 69.4 Å². The molecule has 1 aromatic carbocycles. The van der Waals surface area contributed by atoms with Crippen LogP contribution >= 0.6 is 11.6 Å². The van der Waals surface area contributed by atoms with Crippen molar-refractivity contribution in [2.45, 2.75) is 6.92 Å². The normalized spacial score (nSPS) is 9.80. The second-order valence-electron chi connectivity index (χ2n) is 3.00. The summed E-state index contributed by atoms with van der Waals surface area (Å²) in [5.74, 6) is -1.55. The van der Waals surface area contributed by atoms with Crippen LogP contribution in [0.15, 0.2) is 12.1 Å². The molecule has 0 aliphatic carbocycles. The predicted octanol–water partition coefficient (Wildman–Crippen LogP) is 1.33. The fourth-order valence-electron chi connectivity index (χ4n) is 1.13. The van der Waals surface area contributed by atoms with E-state index in [9.17, 15) is 9.59 Å². The van der Waals surface area contributed by atoms with Crippen LogP contribution in [0.3, 0.4) is 0 Å². The summed E-state index contributed by atoms with van der Waals surface area (Å²) in [5, 5.41) is 0.389. The lowest BCUT2D eigenvalue weighted by atomic mass is 10.1. The average molecular weight is 228 g/mol. The van der Waals surface area contributed by atoms with Gasteiger partial charge < -0.3 is 10.5 Å². The minimum absolute atomic E-state index is 0.0839. The number of nitrogens with two attached hydrogens (primary N) is 1. The molecule has 0 fully saturated rings. The molecule has 2 N–H and O–H groups in total. The number of hydrogen-bond acceptors (Lipinski definition) is 3. The van der Waals surface area contributed by atoms with E-state index in [-0.39, 0.29) is 5.56 Å². The molecule has 0 heterocycles. The molecule has 0 saturated heterocycles. The van der Waals surface area contributed by atoms with E-state index in [4.69, 9.17) is 22.1 Å². The van der Waals surface area contributed by atoms with Gasteiger partial charge in [-0.15, -0.1) is 0 Å². The van der Waals surface area contributed by atoms with Gasteiger partial charge in [0, 0.05) is 5.02 Å². The molecular formula is C10H10ClNO3. The van der Waals surface area contributed by atoms with Gasteiger partial charge in [-0.2, -0.15) is 0 Å². The maximum Gasteiger partial charge on any atom is 0.289 e. The van der Waals surface area contributed by atoms with Crippen molar-refractivity contribution >= 4 is 23.3 Å². The van der Waals surface area contributed by atoms with Gasteiger partial charge in [0.15, 0.2) is 0 Å². The first-order valence-electron chi connectivity index (χ1n) is 4.15. The molecule has 0 radical (unpaired) electrons. The monoisotopic (exact) mass is 227 g/mol.